The van der Waals surface area contributed by atoms with Gasteiger partial charge in [0.25, 0.3) is 0 Å². The molecule has 3 aromatic carbocycles. The van der Waals surface area contributed by atoms with Crippen LogP contribution < -0.4 is 11.2 Å². The molecule has 3 N–H and O–H groups in total. The van der Waals surface area contributed by atoms with Crippen molar-refractivity contribution in [2.75, 3.05) is 6.54 Å². The lowest BCUT2D eigenvalue weighted by atomic mass is 10.0. The minimum absolute atomic E-state index is 0.207. The lowest BCUT2D eigenvalue weighted by Crippen LogP contribution is -2.25. The molecule has 1 aromatic heterocycles. The van der Waals surface area contributed by atoms with E-state index in [2.05, 4.69) is 12.1 Å². The largest absolute Gasteiger partial charge is 0.514 e. The van der Waals surface area contributed by atoms with Gasteiger partial charge in [0.1, 0.15) is 12.1 Å². The summed E-state index contributed by atoms with van der Waals surface area (Å²) in [7, 11) is 1.93. The number of aryl methyl sites for hydroxylation is 2. The zero-order valence-corrected chi connectivity index (χ0v) is 23.3. The quantitative estimate of drug-likeness (QED) is 0.145. The molecule has 0 spiro atoms. The maximum atomic E-state index is 14.9. The number of nitrogens with zero attached hydrogens (tertiary/aromatic N) is 3. The van der Waals surface area contributed by atoms with Gasteiger partial charge in [0.2, 0.25) is 0 Å². The van der Waals surface area contributed by atoms with Gasteiger partial charge in [-0.1, -0.05) is 92.1 Å². The second-order valence-electron chi connectivity index (χ2n) is 10.2. The summed E-state index contributed by atoms with van der Waals surface area (Å²) < 4.78 is 16.8. The Morgan fingerprint density at radius 3 is 2.33 bits per heavy atom. The van der Waals surface area contributed by atoms with Crippen molar-refractivity contribution in [3.05, 3.63) is 131 Å². The van der Waals surface area contributed by atoms with Gasteiger partial charge in [-0.15, -0.1) is 0 Å². The van der Waals surface area contributed by atoms with Gasteiger partial charge in [0.15, 0.2) is 5.49 Å². The van der Waals surface area contributed by atoms with Crippen molar-refractivity contribution in [3.63, 3.8) is 0 Å². The third-order valence-electron chi connectivity index (χ3n) is 7.00. The highest BCUT2D eigenvalue weighted by Crippen LogP contribution is 2.19. The molecule has 40 heavy (non-hydrogen) atoms. The fraction of sp³-hybridized carbons (Fsp3) is 0.294. The van der Waals surface area contributed by atoms with Crippen LogP contribution >= 0.6 is 0 Å². The summed E-state index contributed by atoms with van der Waals surface area (Å²) in [5.74, 6) is -0.207. The van der Waals surface area contributed by atoms with Gasteiger partial charge in [-0.2, -0.15) is 0 Å². The third-order valence-corrected chi connectivity index (χ3v) is 7.00. The number of unbranched alkanes of at least 4 members (excludes halogenated alkanes) is 4. The number of aromatic nitrogens is 2. The molecule has 1 heterocycles. The fourth-order valence-electron chi connectivity index (χ4n) is 4.82. The average Bonchev–Trinajstić information content (AvgIpc) is 2.97. The fourth-order valence-corrected chi connectivity index (χ4v) is 4.82. The molecule has 0 aliphatic carbocycles. The molecule has 4 rings (SSSR count). The van der Waals surface area contributed by atoms with Gasteiger partial charge in [-0.25, -0.2) is 14.4 Å². The molecule has 0 fully saturated rings. The molecule has 0 radical (unpaired) electrons. The van der Waals surface area contributed by atoms with E-state index in [4.69, 9.17) is 15.7 Å². The molecule has 208 valence electrons. The first-order valence-electron chi connectivity index (χ1n) is 14.1. The van der Waals surface area contributed by atoms with Crippen molar-refractivity contribution in [2.24, 2.45) is 17.8 Å². The van der Waals surface area contributed by atoms with Crippen LogP contribution in [0.25, 0.3) is 11.3 Å². The van der Waals surface area contributed by atoms with Crippen LogP contribution in [0.5, 0.6) is 0 Å². The van der Waals surface area contributed by atoms with Crippen molar-refractivity contribution < 1.29 is 9.50 Å². The summed E-state index contributed by atoms with van der Waals surface area (Å²) in [5, 5.41) is 10.1. The Labute approximate surface area is 236 Å². The van der Waals surface area contributed by atoms with Crippen LogP contribution in [0.3, 0.4) is 0 Å². The number of allylic oxidation sites excluding steroid dienone is 1. The Morgan fingerprint density at radius 1 is 0.925 bits per heavy atom. The number of nitrogens with two attached hydrogens (primary N) is 1. The van der Waals surface area contributed by atoms with Crippen LogP contribution in [0.1, 0.15) is 54.5 Å². The molecular formula is C34H39FN4O. The zero-order valence-electron chi connectivity index (χ0n) is 23.3. The number of benzene rings is 3. The van der Waals surface area contributed by atoms with Crippen molar-refractivity contribution >= 4 is 0 Å². The van der Waals surface area contributed by atoms with Crippen LogP contribution in [-0.2, 0) is 26.3 Å². The summed E-state index contributed by atoms with van der Waals surface area (Å²) in [6.07, 6.45) is 9.92. The average molecular weight is 539 g/mol. The second-order valence-corrected chi connectivity index (χ2v) is 10.2. The summed E-state index contributed by atoms with van der Waals surface area (Å²) >= 11 is 0. The minimum atomic E-state index is -0.207. The van der Waals surface area contributed by atoms with E-state index in [1.165, 1.54) is 0 Å². The van der Waals surface area contributed by atoms with Crippen LogP contribution in [0.15, 0.2) is 102 Å². The first-order valence-corrected chi connectivity index (χ1v) is 14.1. The molecule has 0 aliphatic heterocycles. The second kappa shape index (κ2) is 14.9. The molecule has 0 amide bonds. The Kier molecular flexibility index (Phi) is 10.8. The van der Waals surface area contributed by atoms with E-state index in [1.54, 1.807) is 6.07 Å². The molecule has 0 unspecified atom stereocenters. The topological polar surface area (TPSA) is 76.4 Å². The van der Waals surface area contributed by atoms with E-state index >= 15 is 0 Å². The number of aliphatic hydroxyl groups excluding tert-OH is 1. The Balaban J connectivity index is 1.57. The van der Waals surface area contributed by atoms with E-state index in [1.807, 2.05) is 78.5 Å². The van der Waals surface area contributed by atoms with Crippen LogP contribution in [0.4, 0.5) is 4.39 Å². The van der Waals surface area contributed by atoms with Gasteiger partial charge in [0, 0.05) is 31.6 Å². The number of hydrogen-bond donors (Lipinski definition) is 2. The lowest BCUT2D eigenvalue weighted by molar-refractivity contribution is 0.464. The maximum absolute atomic E-state index is 14.9. The third kappa shape index (κ3) is 8.23. The Hall–Kier alpha value is -4.03. The predicted octanol–water partition coefficient (Wildman–Crippen LogP) is 6.81. The monoisotopic (exact) mass is 538 g/mol. The summed E-state index contributed by atoms with van der Waals surface area (Å²) in [5.41, 5.74) is 11.9. The van der Waals surface area contributed by atoms with Gasteiger partial charge in [0.05, 0.1) is 17.1 Å². The molecular weight excluding hydrogens is 499 g/mol. The van der Waals surface area contributed by atoms with Crippen molar-refractivity contribution in [2.45, 2.75) is 51.4 Å². The number of halogens is 1. The zero-order chi connectivity index (χ0) is 28.2. The molecule has 0 bridgehead atoms. The van der Waals surface area contributed by atoms with Crippen LogP contribution in [0, 0.1) is 5.82 Å². The summed E-state index contributed by atoms with van der Waals surface area (Å²) in [4.78, 5) is 9.80. The van der Waals surface area contributed by atoms with E-state index in [-0.39, 0.29) is 5.82 Å². The summed E-state index contributed by atoms with van der Waals surface area (Å²) in [6, 6.07) is 25.5. The van der Waals surface area contributed by atoms with E-state index in [9.17, 15) is 9.50 Å². The van der Waals surface area contributed by atoms with Gasteiger partial charge < -0.3 is 15.4 Å². The molecule has 5 nitrogen and oxygen atoms in total. The maximum Gasteiger partial charge on any atom is 0.154 e. The Morgan fingerprint density at radius 2 is 1.62 bits per heavy atom. The van der Waals surface area contributed by atoms with Crippen LogP contribution in [-0.4, -0.2) is 21.2 Å². The SMILES string of the molecule is Cn1cc(-c2ccccc2)nc(Cc2ccccc2)c1=NC(=CO)Cc1ccc(CCCCCCCN)c(F)c1. The highest BCUT2D eigenvalue weighted by molar-refractivity contribution is 5.58. The standard InChI is InChI=1S/C34H39FN4O/c1-39-24-33(29-16-10-6-11-17-29)38-32(23-26-13-7-5-8-14-26)34(39)37-30(25-40)21-27-18-19-28(31(35)22-27)15-9-3-2-4-12-20-36/h5-8,10-11,13-14,16-19,22,24-25,40H,2-4,9,12,15,20-21,23,36H2,1H3. The summed E-state index contributed by atoms with van der Waals surface area (Å²) in [6.45, 7) is 0.731. The smallest absolute Gasteiger partial charge is 0.154 e. The molecule has 0 saturated heterocycles. The van der Waals surface area contributed by atoms with E-state index in [0.717, 1.165) is 85.0 Å². The first kappa shape index (κ1) is 29.0. The van der Waals surface area contributed by atoms with E-state index < -0.39 is 0 Å². The minimum Gasteiger partial charge on any atom is -0.514 e. The van der Waals surface area contributed by atoms with Gasteiger partial charge in [-0.3, -0.25) is 0 Å². The molecule has 0 aliphatic rings. The molecule has 6 heteroatoms. The highest BCUT2D eigenvalue weighted by atomic mass is 19.1. The number of hydrogen-bond acceptors (Lipinski definition) is 4. The molecule has 0 atom stereocenters. The first-order chi connectivity index (χ1) is 19.6. The van der Waals surface area contributed by atoms with Crippen molar-refractivity contribution in [3.8, 4) is 11.3 Å². The molecule has 4 aromatic rings. The Bertz CT molecular complexity index is 1460. The lowest BCUT2D eigenvalue weighted by Gasteiger charge is -2.12. The van der Waals surface area contributed by atoms with Crippen molar-refractivity contribution in [1.82, 2.24) is 9.55 Å². The highest BCUT2D eigenvalue weighted by Gasteiger charge is 2.11. The molecule has 0 saturated carbocycles. The number of aliphatic hydroxyl groups is 1. The van der Waals surface area contributed by atoms with Crippen LogP contribution in [0.2, 0.25) is 0 Å². The van der Waals surface area contributed by atoms with E-state index in [0.29, 0.717) is 24.0 Å². The normalized spacial score (nSPS) is 12.2. The number of rotatable bonds is 13. The van der Waals surface area contributed by atoms with Gasteiger partial charge >= 0.3 is 0 Å². The predicted molar refractivity (Wildman–Crippen MR) is 160 cm³/mol. The van der Waals surface area contributed by atoms with Gasteiger partial charge in [-0.05, 0) is 48.6 Å². The van der Waals surface area contributed by atoms with Crippen molar-refractivity contribution in [1.29, 1.82) is 0 Å².